The van der Waals surface area contributed by atoms with E-state index in [1.54, 1.807) is 17.0 Å². The van der Waals surface area contributed by atoms with Crippen LogP contribution in [0.25, 0.3) is 0 Å². The van der Waals surface area contributed by atoms with Gasteiger partial charge in [0.05, 0.1) is 0 Å². The second-order valence-electron chi connectivity index (χ2n) is 4.51. The second kappa shape index (κ2) is 6.86. The molecule has 0 saturated heterocycles. The van der Waals surface area contributed by atoms with E-state index in [1.165, 1.54) is 0 Å². The molecule has 106 valence electrons. The van der Waals surface area contributed by atoms with Crippen LogP contribution < -0.4 is 15.6 Å². The van der Waals surface area contributed by atoms with Gasteiger partial charge in [-0.25, -0.2) is 4.98 Å². The van der Waals surface area contributed by atoms with Crippen LogP contribution in [0.1, 0.15) is 18.9 Å². The number of nitrogens with zero attached hydrogens (tertiary/aromatic N) is 2. The third kappa shape index (κ3) is 3.45. The summed E-state index contributed by atoms with van der Waals surface area (Å²) in [6, 6.07) is 7.59. The summed E-state index contributed by atoms with van der Waals surface area (Å²) in [4.78, 5) is 16.1. The Morgan fingerprint density at radius 1 is 1.30 bits per heavy atom. The fraction of sp³-hybridized carbons (Fsp3) is 0.333. The average molecular weight is 273 g/mol. The largest absolute Gasteiger partial charge is 0.435 e. The SMILES string of the molecule is CCCn1ccnc(Oc2ccc(CNC)cc2)c1=O. The van der Waals surface area contributed by atoms with E-state index in [4.69, 9.17) is 4.74 Å². The minimum absolute atomic E-state index is 0.113. The van der Waals surface area contributed by atoms with E-state index in [0.29, 0.717) is 12.3 Å². The zero-order valence-corrected chi connectivity index (χ0v) is 11.8. The van der Waals surface area contributed by atoms with E-state index in [2.05, 4.69) is 10.3 Å². The first-order chi connectivity index (χ1) is 9.74. The highest BCUT2D eigenvalue weighted by Gasteiger charge is 2.06. The highest BCUT2D eigenvalue weighted by Crippen LogP contribution is 2.17. The van der Waals surface area contributed by atoms with Crippen molar-refractivity contribution in [3.05, 3.63) is 52.6 Å². The molecule has 0 bridgehead atoms. The average Bonchev–Trinajstić information content (AvgIpc) is 2.46. The molecule has 0 amide bonds. The fourth-order valence-electron chi connectivity index (χ4n) is 1.91. The van der Waals surface area contributed by atoms with Crippen LogP contribution in [0.3, 0.4) is 0 Å². The van der Waals surface area contributed by atoms with Gasteiger partial charge < -0.3 is 14.6 Å². The Morgan fingerprint density at radius 3 is 2.70 bits per heavy atom. The van der Waals surface area contributed by atoms with E-state index >= 15 is 0 Å². The van der Waals surface area contributed by atoms with E-state index in [0.717, 1.165) is 18.5 Å². The zero-order chi connectivity index (χ0) is 14.4. The number of nitrogens with one attached hydrogen (secondary N) is 1. The molecular weight excluding hydrogens is 254 g/mol. The van der Waals surface area contributed by atoms with Crippen molar-refractivity contribution in [2.45, 2.75) is 26.4 Å². The summed E-state index contributed by atoms with van der Waals surface area (Å²) >= 11 is 0. The number of ether oxygens (including phenoxy) is 1. The molecule has 1 aromatic carbocycles. The van der Waals surface area contributed by atoms with Crippen LogP contribution >= 0.6 is 0 Å². The van der Waals surface area contributed by atoms with Crippen molar-refractivity contribution in [3.8, 4) is 11.6 Å². The summed E-state index contributed by atoms with van der Waals surface area (Å²) in [7, 11) is 1.90. The lowest BCUT2D eigenvalue weighted by Gasteiger charge is -2.08. The van der Waals surface area contributed by atoms with Crippen LogP contribution in [0.5, 0.6) is 11.6 Å². The van der Waals surface area contributed by atoms with Gasteiger partial charge in [-0.2, -0.15) is 0 Å². The van der Waals surface area contributed by atoms with Gasteiger partial charge in [0.15, 0.2) is 0 Å². The molecule has 0 aliphatic carbocycles. The zero-order valence-electron chi connectivity index (χ0n) is 11.8. The van der Waals surface area contributed by atoms with Crippen molar-refractivity contribution in [1.82, 2.24) is 14.9 Å². The predicted molar refractivity (Wildman–Crippen MR) is 78.1 cm³/mol. The first-order valence-corrected chi connectivity index (χ1v) is 6.71. The van der Waals surface area contributed by atoms with Gasteiger partial charge in [-0.3, -0.25) is 4.79 Å². The minimum atomic E-state index is -0.200. The Morgan fingerprint density at radius 2 is 2.05 bits per heavy atom. The summed E-state index contributed by atoms with van der Waals surface area (Å²) in [5.74, 6) is 0.728. The third-order valence-electron chi connectivity index (χ3n) is 2.87. The van der Waals surface area contributed by atoms with Gasteiger partial charge in [0.1, 0.15) is 5.75 Å². The Bertz CT molecular complexity index is 605. The van der Waals surface area contributed by atoms with Gasteiger partial charge in [-0.05, 0) is 31.2 Å². The van der Waals surface area contributed by atoms with E-state index in [1.807, 2.05) is 38.2 Å². The first-order valence-electron chi connectivity index (χ1n) is 6.71. The second-order valence-corrected chi connectivity index (χ2v) is 4.51. The van der Waals surface area contributed by atoms with Crippen molar-refractivity contribution in [2.75, 3.05) is 7.05 Å². The maximum Gasteiger partial charge on any atom is 0.313 e. The highest BCUT2D eigenvalue weighted by atomic mass is 16.5. The fourth-order valence-corrected chi connectivity index (χ4v) is 1.91. The van der Waals surface area contributed by atoms with Gasteiger partial charge in [0.2, 0.25) is 0 Å². The molecule has 20 heavy (non-hydrogen) atoms. The van der Waals surface area contributed by atoms with Gasteiger partial charge in [0, 0.05) is 25.5 Å². The molecule has 0 radical (unpaired) electrons. The molecule has 1 heterocycles. The van der Waals surface area contributed by atoms with E-state index in [-0.39, 0.29) is 11.4 Å². The molecule has 0 aliphatic rings. The number of rotatable bonds is 6. The van der Waals surface area contributed by atoms with Crippen molar-refractivity contribution < 1.29 is 4.74 Å². The van der Waals surface area contributed by atoms with Crippen molar-refractivity contribution in [3.63, 3.8) is 0 Å². The summed E-state index contributed by atoms with van der Waals surface area (Å²) in [6.45, 7) is 3.49. The van der Waals surface area contributed by atoms with Gasteiger partial charge in [-0.1, -0.05) is 19.1 Å². The molecule has 0 aliphatic heterocycles. The Balaban J connectivity index is 2.17. The monoisotopic (exact) mass is 273 g/mol. The van der Waals surface area contributed by atoms with Gasteiger partial charge in [-0.15, -0.1) is 0 Å². The van der Waals surface area contributed by atoms with E-state index < -0.39 is 0 Å². The topological polar surface area (TPSA) is 56.1 Å². The number of benzene rings is 1. The smallest absolute Gasteiger partial charge is 0.313 e. The van der Waals surface area contributed by atoms with Crippen LogP contribution in [-0.2, 0) is 13.1 Å². The molecule has 0 saturated carbocycles. The summed E-state index contributed by atoms with van der Waals surface area (Å²) in [6.07, 6.45) is 4.15. The molecular formula is C15H19N3O2. The Hall–Kier alpha value is -2.14. The molecule has 1 N–H and O–H groups in total. The minimum Gasteiger partial charge on any atom is -0.435 e. The lowest BCUT2D eigenvalue weighted by atomic mass is 10.2. The van der Waals surface area contributed by atoms with Crippen LogP contribution in [0.4, 0.5) is 0 Å². The molecule has 2 rings (SSSR count). The Labute approximate surface area is 118 Å². The number of aryl methyl sites for hydroxylation is 1. The lowest BCUT2D eigenvalue weighted by Crippen LogP contribution is -2.21. The highest BCUT2D eigenvalue weighted by molar-refractivity contribution is 5.29. The third-order valence-corrected chi connectivity index (χ3v) is 2.87. The van der Waals surface area contributed by atoms with Crippen molar-refractivity contribution in [2.24, 2.45) is 0 Å². The maximum absolute atomic E-state index is 12.1. The first kappa shape index (κ1) is 14.3. The molecule has 0 fully saturated rings. The molecule has 5 nitrogen and oxygen atoms in total. The molecule has 2 aromatic rings. The molecule has 1 aromatic heterocycles. The van der Waals surface area contributed by atoms with E-state index in [9.17, 15) is 4.79 Å². The van der Waals surface area contributed by atoms with Crippen molar-refractivity contribution >= 4 is 0 Å². The van der Waals surface area contributed by atoms with Crippen molar-refractivity contribution in [1.29, 1.82) is 0 Å². The quantitative estimate of drug-likeness (QED) is 0.876. The molecule has 0 unspecified atom stereocenters. The maximum atomic E-state index is 12.1. The molecule has 5 heteroatoms. The normalized spacial score (nSPS) is 10.5. The van der Waals surface area contributed by atoms with Crippen LogP contribution in [0, 0.1) is 0 Å². The van der Waals surface area contributed by atoms with Crippen LogP contribution in [0.15, 0.2) is 41.5 Å². The standard InChI is InChI=1S/C15H19N3O2/c1-3-9-18-10-8-17-14(15(18)19)20-13-6-4-12(5-7-13)11-16-2/h4-8,10,16H,3,9,11H2,1-2H3. The van der Waals surface area contributed by atoms with Crippen LogP contribution in [0.2, 0.25) is 0 Å². The Kier molecular flexibility index (Phi) is 4.90. The van der Waals surface area contributed by atoms with Gasteiger partial charge in [0.25, 0.3) is 5.88 Å². The predicted octanol–water partition coefficient (Wildman–Crippen LogP) is 2.17. The summed E-state index contributed by atoms with van der Waals surface area (Å²) in [5.41, 5.74) is 0.956. The summed E-state index contributed by atoms with van der Waals surface area (Å²) in [5, 5.41) is 3.08. The molecule has 0 atom stereocenters. The molecule has 0 spiro atoms. The number of aromatic nitrogens is 2. The summed E-state index contributed by atoms with van der Waals surface area (Å²) < 4.78 is 7.17. The van der Waals surface area contributed by atoms with Crippen LogP contribution in [-0.4, -0.2) is 16.6 Å². The van der Waals surface area contributed by atoms with Gasteiger partial charge >= 0.3 is 5.56 Å². The number of hydrogen-bond acceptors (Lipinski definition) is 4. The number of hydrogen-bond donors (Lipinski definition) is 1. The lowest BCUT2D eigenvalue weighted by molar-refractivity contribution is 0.443.